The van der Waals surface area contributed by atoms with E-state index in [1.165, 1.54) is 0 Å². The second kappa shape index (κ2) is 5.78. The van der Waals surface area contributed by atoms with Crippen molar-refractivity contribution in [2.24, 2.45) is 11.8 Å². The standard InChI is InChI=1S/C21H21N3O4/c1-11-6-12(2)8-14(7-11)22-19(25)17-15-4-5-21(27-15)10-24(20(26)18(17)21)16-9-13(3)28-23-16/h4-9,15,17-18H,10H2,1-3H3,(H,22,25)/t15-,17+,18-,21-/m0/s1. The Bertz CT molecular complexity index is 1010. The normalized spacial score (nSPS) is 30.2. The molecule has 3 aliphatic rings. The Hall–Kier alpha value is -2.93. The summed E-state index contributed by atoms with van der Waals surface area (Å²) >= 11 is 0. The van der Waals surface area contributed by atoms with Gasteiger partial charge in [-0.05, 0) is 44.0 Å². The van der Waals surface area contributed by atoms with Crippen LogP contribution in [0.1, 0.15) is 16.9 Å². The number of nitrogens with one attached hydrogen (secondary N) is 1. The summed E-state index contributed by atoms with van der Waals surface area (Å²) < 4.78 is 11.3. The second-order valence-electron chi connectivity index (χ2n) is 7.99. The van der Waals surface area contributed by atoms with Crippen molar-refractivity contribution in [2.45, 2.75) is 32.5 Å². The number of aromatic nitrogens is 1. The first-order valence-electron chi connectivity index (χ1n) is 9.37. The number of amides is 2. The van der Waals surface area contributed by atoms with Crippen LogP contribution in [0.2, 0.25) is 0 Å². The zero-order valence-electron chi connectivity index (χ0n) is 15.9. The lowest BCUT2D eigenvalue weighted by atomic mass is 9.76. The third-order valence-electron chi connectivity index (χ3n) is 5.78. The second-order valence-corrected chi connectivity index (χ2v) is 7.99. The topological polar surface area (TPSA) is 84.7 Å². The highest BCUT2D eigenvalue weighted by atomic mass is 16.5. The van der Waals surface area contributed by atoms with Gasteiger partial charge in [-0.2, -0.15) is 0 Å². The largest absolute Gasteiger partial charge is 0.360 e. The molecule has 0 aliphatic carbocycles. The van der Waals surface area contributed by atoms with E-state index in [9.17, 15) is 9.59 Å². The third-order valence-corrected chi connectivity index (χ3v) is 5.78. The first kappa shape index (κ1) is 17.2. The Morgan fingerprint density at radius 3 is 2.64 bits per heavy atom. The highest BCUT2D eigenvalue weighted by Crippen LogP contribution is 2.52. The van der Waals surface area contributed by atoms with Crippen molar-refractivity contribution < 1.29 is 18.8 Å². The van der Waals surface area contributed by atoms with Crippen LogP contribution in [0, 0.1) is 32.6 Å². The minimum atomic E-state index is -0.779. The predicted molar refractivity (Wildman–Crippen MR) is 102 cm³/mol. The maximum absolute atomic E-state index is 13.2. The number of fused-ring (bicyclic) bond motifs is 1. The van der Waals surface area contributed by atoms with E-state index in [-0.39, 0.29) is 17.9 Å². The SMILES string of the molecule is Cc1cc(C)cc(NC(=O)[C@@H]2[C@@H]3C=C[C@@]4(CN(c5cc(C)on5)C(=O)[C@H]24)O3)c1. The first-order chi connectivity index (χ1) is 13.4. The predicted octanol–water partition coefficient (Wildman–Crippen LogP) is 2.52. The van der Waals surface area contributed by atoms with Crippen molar-refractivity contribution in [2.75, 3.05) is 16.8 Å². The average molecular weight is 379 g/mol. The summed E-state index contributed by atoms with van der Waals surface area (Å²) in [5.74, 6) is -0.400. The number of rotatable bonds is 3. The summed E-state index contributed by atoms with van der Waals surface area (Å²) in [6, 6.07) is 7.61. The van der Waals surface area contributed by atoms with E-state index in [4.69, 9.17) is 9.26 Å². The smallest absolute Gasteiger partial charge is 0.235 e. The quantitative estimate of drug-likeness (QED) is 0.829. The molecule has 4 heterocycles. The minimum Gasteiger partial charge on any atom is -0.360 e. The van der Waals surface area contributed by atoms with Gasteiger partial charge in [0.1, 0.15) is 11.4 Å². The van der Waals surface area contributed by atoms with Crippen LogP contribution < -0.4 is 10.2 Å². The molecule has 1 spiro atoms. The highest BCUT2D eigenvalue weighted by Gasteiger charge is 2.67. The van der Waals surface area contributed by atoms with Gasteiger partial charge < -0.3 is 14.6 Å². The molecule has 0 radical (unpaired) electrons. The number of nitrogens with zero attached hydrogens (tertiary/aromatic N) is 2. The maximum atomic E-state index is 13.2. The van der Waals surface area contributed by atoms with Crippen LogP contribution in [0.25, 0.3) is 0 Å². The molecular formula is C21H21N3O4. The molecule has 2 aromatic rings. The van der Waals surface area contributed by atoms with E-state index in [1.807, 2.05) is 44.2 Å². The molecule has 5 rings (SSSR count). The van der Waals surface area contributed by atoms with Gasteiger partial charge in [-0.3, -0.25) is 14.5 Å². The molecule has 1 N–H and O–H groups in total. The lowest BCUT2D eigenvalue weighted by Gasteiger charge is -2.23. The number of benzene rings is 1. The lowest BCUT2D eigenvalue weighted by molar-refractivity contribution is -0.128. The minimum absolute atomic E-state index is 0.152. The zero-order chi connectivity index (χ0) is 19.6. The summed E-state index contributed by atoms with van der Waals surface area (Å²) in [5.41, 5.74) is 2.09. The van der Waals surface area contributed by atoms with Crippen molar-refractivity contribution in [1.29, 1.82) is 0 Å². The van der Waals surface area contributed by atoms with Gasteiger partial charge in [0.25, 0.3) is 0 Å². The van der Waals surface area contributed by atoms with E-state index in [0.717, 1.165) is 16.8 Å². The Kier molecular flexibility index (Phi) is 3.55. The zero-order valence-corrected chi connectivity index (χ0v) is 15.9. The van der Waals surface area contributed by atoms with Gasteiger partial charge in [-0.25, -0.2) is 0 Å². The Labute approximate surface area is 162 Å². The number of carbonyl (C=O) groups excluding carboxylic acids is 2. The van der Waals surface area contributed by atoms with Gasteiger partial charge >= 0.3 is 0 Å². The highest BCUT2D eigenvalue weighted by molar-refractivity contribution is 6.05. The maximum Gasteiger partial charge on any atom is 0.235 e. The summed E-state index contributed by atoms with van der Waals surface area (Å²) in [6.45, 7) is 6.08. The molecule has 144 valence electrons. The fraction of sp³-hybridized carbons (Fsp3) is 0.381. The molecule has 2 bridgehead atoms. The van der Waals surface area contributed by atoms with Gasteiger partial charge in [0.15, 0.2) is 5.82 Å². The molecule has 2 saturated heterocycles. The van der Waals surface area contributed by atoms with Crippen LogP contribution in [0.15, 0.2) is 40.9 Å². The Balaban J connectivity index is 1.44. The van der Waals surface area contributed by atoms with Gasteiger partial charge in [-0.1, -0.05) is 23.4 Å². The lowest BCUT2D eigenvalue weighted by Crippen LogP contribution is -2.41. The molecule has 1 aromatic carbocycles. The number of carbonyl (C=O) groups is 2. The fourth-order valence-electron chi connectivity index (χ4n) is 4.74. The molecule has 0 saturated carbocycles. The van der Waals surface area contributed by atoms with Crippen molar-refractivity contribution >= 4 is 23.3 Å². The van der Waals surface area contributed by atoms with Crippen LogP contribution >= 0.6 is 0 Å². The third kappa shape index (κ3) is 2.43. The van der Waals surface area contributed by atoms with Gasteiger partial charge in [0.2, 0.25) is 11.8 Å². The molecule has 0 unspecified atom stereocenters. The van der Waals surface area contributed by atoms with Crippen LogP contribution in [0.5, 0.6) is 0 Å². The van der Waals surface area contributed by atoms with Crippen LogP contribution in [0.4, 0.5) is 11.5 Å². The van der Waals surface area contributed by atoms with E-state index >= 15 is 0 Å². The van der Waals surface area contributed by atoms with Gasteiger partial charge in [-0.15, -0.1) is 0 Å². The fourth-order valence-corrected chi connectivity index (χ4v) is 4.74. The number of hydrogen-bond acceptors (Lipinski definition) is 5. The number of aryl methyl sites for hydroxylation is 3. The molecule has 4 atom stereocenters. The number of ether oxygens (including phenoxy) is 1. The van der Waals surface area contributed by atoms with E-state index in [1.54, 1.807) is 17.9 Å². The van der Waals surface area contributed by atoms with Crippen LogP contribution in [0.3, 0.4) is 0 Å². The molecule has 7 nitrogen and oxygen atoms in total. The summed E-state index contributed by atoms with van der Waals surface area (Å²) in [6.07, 6.45) is 3.43. The van der Waals surface area contributed by atoms with Crippen molar-refractivity contribution in [1.82, 2.24) is 5.16 Å². The van der Waals surface area contributed by atoms with Crippen molar-refractivity contribution in [3.63, 3.8) is 0 Å². The Morgan fingerprint density at radius 2 is 1.96 bits per heavy atom. The average Bonchev–Trinajstić information content (AvgIpc) is 3.35. The Morgan fingerprint density at radius 1 is 1.21 bits per heavy atom. The van der Waals surface area contributed by atoms with Crippen molar-refractivity contribution in [3.05, 3.63) is 53.3 Å². The van der Waals surface area contributed by atoms with Gasteiger partial charge in [0, 0.05) is 11.8 Å². The summed E-state index contributed by atoms with van der Waals surface area (Å²) in [7, 11) is 0. The molecule has 7 heteroatoms. The number of anilines is 2. The summed E-state index contributed by atoms with van der Waals surface area (Å²) in [5, 5.41) is 6.94. The molecule has 28 heavy (non-hydrogen) atoms. The van der Waals surface area contributed by atoms with E-state index in [2.05, 4.69) is 10.5 Å². The van der Waals surface area contributed by atoms with E-state index in [0.29, 0.717) is 18.1 Å². The molecular weight excluding hydrogens is 358 g/mol. The monoisotopic (exact) mass is 379 g/mol. The molecule has 1 aromatic heterocycles. The molecule has 2 amide bonds. The first-order valence-corrected chi connectivity index (χ1v) is 9.37. The van der Waals surface area contributed by atoms with Crippen LogP contribution in [-0.2, 0) is 14.3 Å². The number of hydrogen-bond donors (Lipinski definition) is 1. The van der Waals surface area contributed by atoms with Crippen LogP contribution in [-0.4, -0.2) is 35.2 Å². The molecule has 3 aliphatic heterocycles. The van der Waals surface area contributed by atoms with Crippen molar-refractivity contribution in [3.8, 4) is 0 Å². The van der Waals surface area contributed by atoms with E-state index < -0.39 is 17.4 Å². The molecule has 2 fully saturated rings. The summed E-state index contributed by atoms with van der Waals surface area (Å²) in [4.78, 5) is 27.9. The van der Waals surface area contributed by atoms with Gasteiger partial charge in [0.05, 0.1) is 24.5 Å².